The van der Waals surface area contributed by atoms with Gasteiger partial charge in [-0.1, -0.05) is 32.6 Å². The van der Waals surface area contributed by atoms with Gasteiger partial charge in [-0.25, -0.2) is 8.42 Å². The molecule has 0 saturated heterocycles. The van der Waals surface area contributed by atoms with E-state index in [2.05, 4.69) is 6.92 Å². The molecule has 0 bridgehead atoms. The standard InChI is InChI=1S/C7H16O3S.H2O/c1-2-3-4-5-6-7-11(8,9)10;/h2-7H2,1H3,(H,8,9,10);1H2/p-1. The largest absolute Gasteiger partial charge is 0.748 e. The summed E-state index contributed by atoms with van der Waals surface area (Å²) in [7, 11) is -3.96. The fourth-order valence-corrected chi connectivity index (χ4v) is 1.44. The fourth-order valence-electron chi connectivity index (χ4n) is 0.882. The van der Waals surface area contributed by atoms with E-state index in [1.54, 1.807) is 0 Å². The molecular formula is C7H17O4S-. The van der Waals surface area contributed by atoms with Crippen LogP contribution in [0, 0.1) is 0 Å². The van der Waals surface area contributed by atoms with E-state index in [9.17, 15) is 13.0 Å². The van der Waals surface area contributed by atoms with Crippen LogP contribution in [0.5, 0.6) is 0 Å². The van der Waals surface area contributed by atoms with Crippen molar-refractivity contribution in [1.82, 2.24) is 0 Å². The van der Waals surface area contributed by atoms with E-state index in [4.69, 9.17) is 0 Å². The molecule has 0 fully saturated rings. The van der Waals surface area contributed by atoms with Gasteiger partial charge < -0.3 is 10.0 Å². The summed E-state index contributed by atoms with van der Waals surface area (Å²) >= 11 is 0. The highest BCUT2D eigenvalue weighted by Gasteiger charge is 1.94. The molecule has 0 aliphatic carbocycles. The van der Waals surface area contributed by atoms with Crippen LogP contribution in [0.2, 0.25) is 0 Å². The van der Waals surface area contributed by atoms with Crippen molar-refractivity contribution in [3.05, 3.63) is 0 Å². The second kappa shape index (κ2) is 7.52. The van der Waals surface area contributed by atoms with Crippen molar-refractivity contribution in [2.45, 2.75) is 39.0 Å². The molecule has 0 spiro atoms. The summed E-state index contributed by atoms with van der Waals surface area (Å²) < 4.78 is 30.3. The maximum Gasteiger partial charge on any atom is 0.0945 e. The van der Waals surface area contributed by atoms with Gasteiger partial charge in [0.05, 0.1) is 10.1 Å². The molecule has 5 heteroatoms. The lowest BCUT2D eigenvalue weighted by molar-refractivity contribution is 0.459. The number of hydrogen-bond donors (Lipinski definition) is 0. The Morgan fingerprint density at radius 1 is 1.08 bits per heavy atom. The Bertz CT molecular complexity index is 174. The van der Waals surface area contributed by atoms with Gasteiger partial charge in [-0.3, -0.25) is 0 Å². The van der Waals surface area contributed by atoms with Gasteiger partial charge >= 0.3 is 0 Å². The van der Waals surface area contributed by atoms with E-state index in [-0.39, 0.29) is 11.2 Å². The SMILES string of the molecule is CCCCCCCS(=O)(=O)[O-].O. The van der Waals surface area contributed by atoms with Crippen LogP contribution < -0.4 is 0 Å². The van der Waals surface area contributed by atoms with Crippen LogP contribution in [0.1, 0.15) is 39.0 Å². The van der Waals surface area contributed by atoms with Crippen molar-refractivity contribution in [3.63, 3.8) is 0 Å². The molecule has 0 atom stereocenters. The molecule has 0 aromatic rings. The van der Waals surface area contributed by atoms with Crippen LogP contribution in [-0.2, 0) is 10.1 Å². The zero-order valence-electron chi connectivity index (χ0n) is 7.38. The summed E-state index contributed by atoms with van der Waals surface area (Å²) in [6, 6.07) is 0. The lowest BCUT2D eigenvalue weighted by Gasteiger charge is -2.05. The van der Waals surface area contributed by atoms with Crippen LogP contribution in [0.3, 0.4) is 0 Å². The van der Waals surface area contributed by atoms with Crippen molar-refractivity contribution < 1.29 is 18.4 Å². The Labute approximate surface area is 74.0 Å². The third-order valence-corrected chi connectivity index (χ3v) is 2.29. The molecule has 0 aliphatic heterocycles. The molecule has 0 aromatic heterocycles. The minimum atomic E-state index is -3.96. The molecule has 0 rings (SSSR count). The first-order chi connectivity index (χ1) is 5.06. The second-order valence-electron chi connectivity index (χ2n) is 2.68. The lowest BCUT2D eigenvalue weighted by Crippen LogP contribution is -2.03. The summed E-state index contributed by atoms with van der Waals surface area (Å²) in [4.78, 5) is 0. The third-order valence-electron chi connectivity index (χ3n) is 1.50. The maximum atomic E-state index is 10.1. The Morgan fingerprint density at radius 3 is 2.00 bits per heavy atom. The number of hydrogen-bond acceptors (Lipinski definition) is 3. The van der Waals surface area contributed by atoms with E-state index in [1.807, 2.05) is 0 Å². The topological polar surface area (TPSA) is 88.7 Å². The monoisotopic (exact) mass is 197 g/mol. The Balaban J connectivity index is 0. The molecule has 0 radical (unpaired) electrons. The van der Waals surface area contributed by atoms with Gasteiger partial charge in [-0.15, -0.1) is 0 Å². The predicted molar refractivity (Wildman–Crippen MR) is 46.9 cm³/mol. The van der Waals surface area contributed by atoms with E-state index in [0.717, 1.165) is 25.7 Å². The minimum Gasteiger partial charge on any atom is -0.748 e. The van der Waals surface area contributed by atoms with Crippen molar-refractivity contribution >= 4 is 10.1 Å². The zero-order valence-corrected chi connectivity index (χ0v) is 8.19. The molecule has 76 valence electrons. The average molecular weight is 197 g/mol. The van der Waals surface area contributed by atoms with E-state index in [0.29, 0.717) is 6.42 Å². The average Bonchev–Trinajstić information content (AvgIpc) is 1.85. The molecular weight excluding hydrogens is 180 g/mol. The molecule has 4 nitrogen and oxygen atoms in total. The predicted octanol–water partition coefficient (Wildman–Crippen LogP) is 0.677. The molecule has 2 N–H and O–H groups in total. The Hall–Kier alpha value is -0.130. The van der Waals surface area contributed by atoms with E-state index in [1.165, 1.54) is 0 Å². The van der Waals surface area contributed by atoms with Gasteiger partial charge in [-0.05, 0) is 6.42 Å². The van der Waals surface area contributed by atoms with Crippen LogP contribution in [0.25, 0.3) is 0 Å². The summed E-state index contributed by atoms with van der Waals surface area (Å²) in [5.74, 6) is -0.198. The normalized spacial score (nSPS) is 10.8. The summed E-state index contributed by atoms with van der Waals surface area (Å²) in [5, 5.41) is 0. The number of unbranched alkanes of at least 4 members (excludes halogenated alkanes) is 4. The van der Waals surface area contributed by atoms with Crippen molar-refractivity contribution in [1.29, 1.82) is 0 Å². The third kappa shape index (κ3) is 12.5. The maximum absolute atomic E-state index is 10.1. The van der Waals surface area contributed by atoms with Crippen LogP contribution >= 0.6 is 0 Å². The van der Waals surface area contributed by atoms with Crippen LogP contribution in [0.15, 0.2) is 0 Å². The highest BCUT2D eigenvalue weighted by atomic mass is 32.2. The van der Waals surface area contributed by atoms with Crippen molar-refractivity contribution in [2.24, 2.45) is 0 Å². The lowest BCUT2D eigenvalue weighted by atomic mass is 10.2. The van der Waals surface area contributed by atoms with Crippen molar-refractivity contribution in [2.75, 3.05) is 5.75 Å². The summed E-state index contributed by atoms with van der Waals surface area (Å²) in [6.07, 6.45) is 4.66. The number of rotatable bonds is 6. The molecule has 0 amide bonds. The molecule has 12 heavy (non-hydrogen) atoms. The van der Waals surface area contributed by atoms with Gasteiger partial charge in [0.15, 0.2) is 0 Å². The molecule has 0 aliphatic rings. The van der Waals surface area contributed by atoms with Gasteiger partial charge in [0.2, 0.25) is 0 Å². The molecule has 0 saturated carbocycles. The fraction of sp³-hybridized carbons (Fsp3) is 1.00. The van der Waals surface area contributed by atoms with E-state index >= 15 is 0 Å². The molecule has 0 aromatic carbocycles. The Kier molecular flexibility index (Phi) is 9.02. The Morgan fingerprint density at radius 2 is 1.58 bits per heavy atom. The van der Waals surface area contributed by atoms with Crippen molar-refractivity contribution in [3.8, 4) is 0 Å². The smallest absolute Gasteiger partial charge is 0.0945 e. The van der Waals surface area contributed by atoms with Gasteiger partial charge in [-0.2, -0.15) is 0 Å². The molecule has 0 unspecified atom stereocenters. The highest BCUT2D eigenvalue weighted by Crippen LogP contribution is 2.03. The summed E-state index contributed by atoms with van der Waals surface area (Å²) in [5.41, 5.74) is 0. The zero-order chi connectivity index (χ0) is 8.74. The minimum absolute atomic E-state index is 0. The first kappa shape index (κ1) is 14.4. The van der Waals surface area contributed by atoms with Gasteiger partial charge in [0.25, 0.3) is 0 Å². The first-order valence-electron chi connectivity index (χ1n) is 4.00. The van der Waals surface area contributed by atoms with Crippen LogP contribution in [0.4, 0.5) is 0 Å². The quantitative estimate of drug-likeness (QED) is 0.463. The van der Waals surface area contributed by atoms with Gasteiger partial charge in [0.1, 0.15) is 0 Å². The second-order valence-corrected chi connectivity index (χ2v) is 4.20. The van der Waals surface area contributed by atoms with E-state index < -0.39 is 10.1 Å². The highest BCUT2D eigenvalue weighted by molar-refractivity contribution is 7.85. The molecule has 0 heterocycles. The van der Waals surface area contributed by atoms with Gasteiger partial charge in [0, 0.05) is 5.75 Å². The first-order valence-corrected chi connectivity index (χ1v) is 5.57. The van der Waals surface area contributed by atoms with Crippen LogP contribution in [-0.4, -0.2) is 24.2 Å². The summed E-state index contributed by atoms with van der Waals surface area (Å²) in [6.45, 7) is 2.09.